The molecule has 0 radical (unpaired) electrons. The van der Waals surface area contributed by atoms with Crippen LogP contribution in [0.4, 0.5) is 0 Å². The summed E-state index contributed by atoms with van der Waals surface area (Å²) in [6.07, 6.45) is 4.71. The molecule has 1 saturated carbocycles. The summed E-state index contributed by atoms with van der Waals surface area (Å²) < 4.78 is 0. The summed E-state index contributed by atoms with van der Waals surface area (Å²) in [7, 11) is 0. The van der Waals surface area contributed by atoms with Crippen LogP contribution < -0.4 is 5.32 Å². The predicted octanol–water partition coefficient (Wildman–Crippen LogP) is 3.51. The summed E-state index contributed by atoms with van der Waals surface area (Å²) in [5.41, 5.74) is 4.07. The highest BCUT2D eigenvalue weighted by Gasteiger charge is 2.21. The lowest BCUT2D eigenvalue weighted by Gasteiger charge is -2.30. The van der Waals surface area contributed by atoms with Crippen LogP contribution in [0.25, 0.3) is 0 Å². The average Bonchev–Trinajstić information content (AvgIpc) is 2.38. The molecule has 2 N–H and O–H groups in total. The zero-order valence-electron chi connectivity index (χ0n) is 12.4. The lowest BCUT2D eigenvalue weighted by molar-refractivity contribution is 0.172. The number of nitrogens with one attached hydrogen (secondary N) is 1. The van der Waals surface area contributed by atoms with Gasteiger partial charge in [-0.1, -0.05) is 29.3 Å². The van der Waals surface area contributed by atoms with Crippen LogP contribution in [0.15, 0.2) is 18.2 Å². The third-order valence-electron chi connectivity index (χ3n) is 4.33. The van der Waals surface area contributed by atoms with E-state index < -0.39 is 0 Å². The van der Waals surface area contributed by atoms with Gasteiger partial charge in [0.2, 0.25) is 0 Å². The van der Waals surface area contributed by atoms with Crippen LogP contribution in [0.2, 0.25) is 0 Å². The predicted molar refractivity (Wildman–Crippen MR) is 80.3 cm³/mol. The molecule has 1 aromatic carbocycles. The molecule has 2 heteroatoms. The van der Waals surface area contributed by atoms with Gasteiger partial charge in [0.05, 0.1) is 0 Å². The molecule has 1 unspecified atom stereocenters. The molecule has 0 saturated heterocycles. The molecule has 0 bridgehead atoms. The lowest BCUT2D eigenvalue weighted by Crippen LogP contribution is -2.35. The first-order valence-electron chi connectivity index (χ1n) is 7.53. The standard InChI is InChI=1S/C17H27NO/c1-12-8-13(2)10-16(9-12)14(3)18-17-6-4-15(11-19)5-7-17/h8-10,14-15,17-19H,4-7,11H2,1-3H3. The van der Waals surface area contributed by atoms with Crippen LogP contribution in [0.3, 0.4) is 0 Å². The molecule has 1 fully saturated rings. The second kappa shape index (κ2) is 6.53. The van der Waals surface area contributed by atoms with Crippen LogP contribution in [0.5, 0.6) is 0 Å². The van der Waals surface area contributed by atoms with Gasteiger partial charge < -0.3 is 10.4 Å². The van der Waals surface area contributed by atoms with Gasteiger partial charge in [-0.05, 0) is 57.9 Å². The summed E-state index contributed by atoms with van der Waals surface area (Å²) in [5, 5.41) is 12.9. The summed E-state index contributed by atoms with van der Waals surface area (Å²) in [6, 6.07) is 7.81. The van der Waals surface area contributed by atoms with Gasteiger partial charge in [-0.25, -0.2) is 0 Å². The van der Waals surface area contributed by atoms with E-state index in [1.807, 2.05) is 0 Å². The number of aliphatic hydroxyl groups excluding tert-OH is 1. The first-order chi connectivity index (χ1) is 9.08. The number of benzene rings is 1. The Morgan fingerprint density at radius 2 is 1.68 bits per heavy atom. The second-order valence-corrected chi connectivity index (χ2v) is 6.21. The highest BCUT2D eigenvalue weighted by atomic mass is 16.3. The van der Waals surface area contributed by atoms with Crippen molar-refractivity contribution in [3.8, 4) is 0 Å². The smallest absolute Gasteiger partial charge is 0.0459 e. The first-order valence-corrected chi connectivity index (χ1v) is 7.53. The molecule has 0 spiro atoms. The monoisotopic (exact) mass is 261 g/mol. The van der Waals surface area contributed by atoms with Crippen molar-refractivity contribution in [1.82, 2.24) is 5.32 Å². The molecule has 0 aromatic heterocycles. The fourth-order valence-electron chi connectivity index (χ4n) is 3.22. The van der Waals surface area contributed by atoms with Gasteiger partial charge in [-0.15, -0.1) is 0 Å². The van der Waals surface area contributed by atoms with Gasteiger partial charge in [0.1, 0.15) is 0 Å². The fourth-order valence-corrected chi connectivity index (χ4v) is 3.22. The van der Waals surface area contributed by atoms with Crippen molar-refractivity contribution in [1.29, 1.82) is 0 Å². The SMILES string of the molecule is Cc1cc(C)cc(C(C)NC2CCC(CO)CC2)c1. The van der Waals surface area contributed by atoms with Crippen molar-refractivity contribution in [3.63, 3.8) is 0 Å². The minimum atomic E-state index is 0.360. The molecule has 2 nitrogen and oxygen atoms in total. The summed E-state index contributed by atoms with van der Waals surface area (Å²) in [4.78, 5) is 0. The van der Waals surface area contributed by atoms with E-state index in [2.05, 4.69) is 44.3 Å². The number of hydrogen-bond acceptors (Lipinski definition) is 2. The van der Waals surface area contributed by atoms with Crippen LogP contribution in [-0.4, -0.2) is 17.8 Å². The minimum absolute atomic E-state index is 0.360. The van der Waals surface area contributed by atoms with E-state index in [0.717, 1.165) is 12.8 Å². The van der Waals surface area contributed by atoms with Gasteiger partial charge in [0.25, 0.3) is 0 Å². The van der Waals surface area contributed by atoms with E-state index in [4.69, 9.17) is 0 Å². The normalized spacial score (nSPS) is 25.3. The first kappa shape index (κ1) is 14.5. The van der Waals surface area contributed by atoms with Gasteiger partial charge in [0, 0.05) is 18.7 Å². The third-order valence-corrected chi connectivity index (χ3v) is 4.33. The summed E-state index contributed by atoms with van der Waals surface area (Å²) in [6.45, 7) is 6.94. The molecule has 0 aliphatic heterocycles. The molecule has 1 aliphatic carbocycles. The number of rotatable bonds is 4. The zero-order valence-corrected chi connectivity index (χ0v) is 12.4. The maximum atomic E-state index is 9.18. The fraction of sp³-hybridized carbons (Fsp3) is 0.647. The molecule has 1 atom stereocenters. The zero-order chi connectivity index (χ0) is 13.8. The Labute approximate surface area is 117 Å². The maximum absolute atomic E-state index is 9.18. The van der Waals surface area contributed by atoms with E-state index in [1.165, 1.54) is 29.5 Å². The minimum Gasteiger partial charge on any atom is -0.396 e. The Morgan fingerprint density at radius 1 is 1.11 bits per heavy atom. The van der Waals surface area contributed by atoms with E-state index >= 15 is 0 Å². The van der Waals surface area contributed by atoms with E-state index in [1.54, 1.807) is 0 Å². The van der Waals surface area contributed by atoms with E-state index in [0.29, 0.717) is 24.6 Å². The van der Waals surface area contributed by atoms with Crippen molar-refractivity contribution in [3.05, 3.63) is 34.9 Å². The lowest BCUT2D eigenvalue weighted by atomic mass is 9.86. The molecular formula is C17H27NO. The van der Waals surface area contributed by atoms with Gasteiger partial charge >= 0.3 is 0 Å². The van der Waals surface area contributed by atoms with Gasteiger partial charge in [-0.3, -0.25) is 0 Å². The van der Waals surface area contributed by atoms with Crippen LogP contribution in [0.1, 0.15) is 55.3 Å². The third kappa shape index (κ3) is 4.05. The maximum Gasteiger partial charge on any atom is 0.0459 e. The molecular weight excluding hydrogens is 234 g/mol. The summed E-state index contributed by atoms with van der Waals surface area (Å²) in [5.74, 6) is 0.537. The van der Waals surface area contributed by atoms with Gasteiger partial charge in [-0.2, -0.15) is 0 Å². The van der Waals surface area contributed by atoms with Crippen molar-refractivity contribution in [2.24, 2.45) is 5.92 Å². The van der Waals surface area contributed by atoms with E-state index in [9.17, 15) is 5.11 Å². The Bertz CT molecular complexity index is 387. The van der Waals surface area contributed by atoms with E-state index in [-0.39, 0.29) is 0 Å². The molecule has 1 aromatic rings. The van der Waals surface area contributed by atoms with Crippen molar-refractivity contribution < 1.29 is 5.11 Å². The van der Waals surface area contributed by atoms with Crippen LogP contribution >= 0.6 is 0 Å². The topological polar surface area (TPSA) is 32.3 Å². The molecule has 2 rings (SSSR count). The van der Waals surface area contributed by atoms with Crippen molar-refractivity contribution in [2.45, 2.75) is 58.5 Å². The summed E-state index contributed by atoms with van der Waals surface area (Å²) >= 11 is 0. The number of aliphatic hydroxyl groups is 1. The Morgan fingerprint density at radius 3 is 2.21 bits per heavy atom. The molecule has 106 valence electrons. The number of hydrogen-bond donors (Lipinski definition) is 2. The molecule has 1 aliphatic rings. The van der Waals surface area contributed by atoms with Crippen LogP contribution in [-0.2, 0) is 0 Å². The highest BCUT2D eigenvalue weighted by molar-refractivity contribution is 5.30. The second-order valence-electron chi connectivity index (χ2n) is 6.21. The van der Waals surface area contributed by atoms with Crippen molar-refractivity contribution >= 4 is 0 Å². The molecule has 0 heterocycles. The Balaban J connectivity index is 1.92. The van der Waals surface area contributed by atoms with Crippen molar-refractivity contribution in [2.75, 3.05) is 6.61 Å². The Hall–Kier alpha value is -0.860. The molecule has 0 amide bonds. The quantitative estimate of drug-likeness (QED) is 0.869. The molecule has 19 heavy (non-hydrogen) atoms. The highest BCUT2D eigenvalue weighted by Crippen LogP contribution is 2.26. The van der Waals surface area contributed by atoms with Crippen LogP contribution in [0, 0.1) is 19.8 Å². The van der Waals surface area contributed by atoms with Gasteiger partial charge in [0.15, 0.2) is 0 Å². The number of aryl methyl sites for hydroxylation is 2. The largest absolute Gasteiger partial charge is 0.396 e. The average molecular weight is 261 g/mol. The Kier molecular flexibility index (Phi) is 5.00.